The number of alkyl halides is 3. The Morgan fingerprint density at radius 1 is 1.21 bits per heavy atom. The number of halogens is 3. The molecule has 2 N–H and O–H groups in total. The van der Waals surface area contributed by atoms with Crippen LogP contribution < -0.4 is 20.3 Å². The maximum absolute atomic E-state index is 12.3. The van der Waals surface area contributed by atoms with Crippen molar-refractivity contribution in [2.75, 3.05) is 23.3 Å². The van der Waals surface area contributed by atoms with Crippen molar-refractivity contribution in [1.29, 1.82) is 0 Å². The van der Waals surface area contributed by atoms with Gasteiger partial charge in [-0.05, 0) is 48.4 Å². The molecule has 1 aromatic heterocycles. The van der Waals surface area contributed by atoms with Gasteiger partial charge in [-0.2, -0.15) is 0 Å². The van der Waals surface area contributed by atoms with Gasteiger partial charge in [0.05, 0.1) is 5.52 Å². The molecule has 3 heterocycles. The van der Waals surface area contributed by atoms with Gasteiger partial charge in [0.15, 0.2) is 0 Å². The molecule has 0 radical (unpaired) electrons. The number of fused-ring (bicyclic) bond motifs is 3. The summed E-state index contributed by atoms with van der Waals surface area (Å²) in [6, 6.07) is 11.6. The Labute approximate surface area is 187 Å². The third-order valence-electron chi connectivity index (χ3n) is 5.69. The van der Waals surface area contributed by atoms with Crippen molar-refractivity contribution in [3.8, 4) is 5.75 Å². The van der Waals surface area contributed by atoms with Crippen molar-refractivity contribution in [1.82, 2.24) is 15.3 Å². The minimum atomic E-state index is -4.74. The molecule has 2 aromatic carbocycles. The lowest BCUT2D eigenvalue weighted by molar-refractivity contribution is -0.274. The van der Waals surface area contributed by atoms with Gasteiger partial charge in [0.2, 0.25) is 11.9 Å². The summed E-state index contributed by atoms with van der Waals surface area (Å²) >= 11 is 0. The van der Waals surface area contributed by atoms with Gasteiger partial charge in [0.25, 0.3) is 0 Å². The molecule has 0 spiro atoms. The van der Waals surface area contributed by atoms with Crippen LogP contribution in [-0.4, -0.2) is 47.4 Å². The maximum atomic E-state index is 12.3. The predicted octanol–water partition coefficient (Wildman–Crippen LogP) is 3.73. The second-order valence-electron chi connectivity index (χ2n) is 8.03. The van der Waals surface area contributed by atoms with Crippen molar-refractivity contribution in [2.45, 2.75) is 24.9 Å². The van der Waals surface area contributed by atoms with Crippen LogP contribution in [0, 0.1) is 0 Å². The summed E-state index contributed by atoms with van der Waals surface area (Å²) in [5.41, 5.74) is 1.95. The number of nitrogens with one attached hydrogen (secondary N) is 2. The van der Waals surface area contributed by atoms with E-state index in [4.69, 9.17) is 0 Å². The fourth-order valence-electron chi connectivity index (χ4n) is 4.18. The smallest absolute Gasteiger partial charge is 0.406 e. The molecule has 3 aromatic rings. The topological polar surface area (TPSA) is 79.4 Å². The number of hydrogen-bond acceptors (Lipinski definition) is 6. The Morgan fingerprint density at radius 2 is 2.03 bits per heavy atom. The SMILES string of the molecule is O=C(/C=C/c1ccc(OC(F)(F)F)cc1)Nc1ccc2nc(N3CC4CC3CN4)ncc2c1. The molecule has 33 heavy (non-hydrogen) atoms. The molecule has 7 nitrogen and oxygen atoms in total. The third-order valence-corrected chi connectivity index (χ3v) is 5.69. The van der Waals surface area contributed by atoms with Gasteiger partial charge in [-0.1, -0.05) is 12.1 Å². The predicted molar refractivity (Wildman–Crippen MR) is 118 cm³/mol. The van der Waals surface area contributed by atoms with E-state index in [-0.39, 0.29) is 11.7 Å². The Hall–Kier alpha value is -3.66. The lowest BCUT2D eigenvalue weighted by Gasteiger charge is -2.27. The van der Waals surface area contributed by atoms with Crippen LogP contribution in [0.5, 0.6) is 5.75 Å². The van der Waals surface area contributed by atoms with Crippen LogP contribution in [0.25, 0.3) is 17.0 Å². The normalized spacial score (nSPS) is 20.0. The molecule has 0 aliphatic carbocycles. The Bertz CT molecular complexity index is 1210. The largest absolute Gasteiger partial charge is 0.573 e. The van der Waals surface area contributed by atoms with Gasteiger partial charge < -0.3 is 20.3 Å². The third kappa shape index (κ3) is 4.90. The quantitative estimate of drug-likeness (QED) is 0.571. The van der Waals surface area contributed by atoms with Crippen LogP contribution in [0.4, 0.5) is 24.8 Å². The van der Waals surface area contributed by atoms with Gasteiger partial charge in [-0.15, -0.1) is 13.2 Å². The van der Waals surface area contributed by atoms with Gasteiger partial charge in [0, 0.05) is 48.5 Å². The maximum Gasteiger partial charge on any atom is 0.573 e. The summed E-state index contributed by atoms with van der Waals surface area (Å²) < 4.78 is 40.5. The van der Waals surface area contributed by atoms with Crippen LogP contribution in [0.3, 0.4) is 0 Å². The van der Waals surface area contributed by atoms with Crippen molar-refractivity contribution in [2.24, 2.45) is 0 Å². The fourth-order valence-corrected chi connectivity index (χ4v) is 4.18. The van der Waals surface area contributed by atoms with Crippen LogP contribution in [0.15, 0.2) is 54.7 Å². The molecule has 1 amide bonds. The number of carbonyl (C=O) groups excluding carboxylic acids is 1. The van der Waals surface area contributed by atoms with E-state index in [9.17, 15) is 18.0 Å². The van der Waals surface area contributed by atoms with E-state index >= 15 is 0 Å². The summed E-state index contributed by atoms with van der Waals surface area (Å²) in [6.45, 7) is 1.87. The molecule has 2 bridgehead atoms. The van der Waals surface area contributed by atoms with Gasteiger partial charge in [0.1, 0.15) is 5.75 Å². The number of ether oxygens (including phenoxy) is 1. The van der Waals surface area contributed by atoms with Crippen LogP contribution >= 0.6 is 0 Å². The van der Waals surface area contributed by atoms with E-state index in [1.165, 1.54) is 36.4 Å². The first-order valence-electron chi connectivity index (χ1n) is 10.4. The van der Waals surface area contributed by atoms with E-state index in [1.54, 1.807) is 18.3 Å². The molecule has 2 aliphatic heterocycles. The minimum Gasteiger partial charge on any atom is -0.406 e. The molecule has 2 fully saturated rings. The summed E-state index contributed by atoms with van der Waals surface area (Å²) in [4.78, 5) is 23.7. The highest BCUT2D eigenvalue weighted by Gasteiger charge is 2.38. The zero-order chi connectivity index (χ0) is 23.0. The monoisotopic (exact) mass is 455 g/mol. The van der Waals surface area contributed by atoms with Gasteiger partial charge in [-0.25, -0.2) is 9.97 Å². The number of piperazine rings is 1. The molecule has 5 rings (SSSR count). The highest BCUT2D eigenvalue weighted by atomic mass is 19.4. The van der Waals surface area contributed by atoms with Gasteiger partial charge >= 0.3 is 6.36 Å². The van der Waals surface area contributed by atoms with E-state index in [0.717, 1.165) is 36.4 Å². The van der Waals surface area contributed by atoms with Crippen LogP contribution in [0.2, 0.25) is 0 Å². The van der Waals surface area contributed by atoms with E-state index in [0.29, 0.717) is 23.3 Å². The Balaban J connectivity index is 1.22. The lowest BCUT2D eigenvalue weighted by atomic mass is 10.2. The molecular weight excluding hydrogens is 435 g/mol. The van der Waals surface area contributed by atoms with Crippen molar-refractivity contribution < 1.29 is 22.7 Å². The highest BCUT2D eigenvalue weighted by Crippen LogP contribution is 2.28. The number of amides is 1. The summed E-state index contributed by atoms with van der Waals surface area (Å²) in [6.07, 6.45) is 0.940. The van der Waals surface area contributed by atoms with E-state index in [2.05, 4.69) is 30.2 Å². The molecule has 2 unspecified atom stereocenters. The van der Waals surface area contributed by atoms with Crippen LogP contribution in [0.1, 0.15) is 12.0 Å². The number of anilines is 2. The first-order chi connectivity index (χ1) is 15.8. The summed E-state index contributed by atoms with van der Waals surface area (Å²) in [7, 11) is 0. The number of nitrogens with zero attached hydrogens (tertiary/aromatic N) is 3. The zero-order valence-electron chi connectivity index (χ0n) is 17.3. The van der Waals surface area contributed by atoms with Gasteiger partial charge in [-0.3, -0.25) is 4.79 Å². The Morgan fingerprint density at radius 3 is 2.73 bits per heavy atom. The minimum absolute atomic E-state index is 0.320. The number of hydrogen-bond donors (Lipinski definition) is 2. The molecule has 2 saturated heterocycles. The first kappa shape index (κ1) is 21.2. The van der Waals surface area contributed by atoms with Crippen molar-refractivity contribution in [3.63, 3.8) is 0 Å². The summed E-state index contributed by atoms with van der Waals surface area (Å²) in [5, 5.41) is 7.03. The zero-order valence-corrected chi connectivity index (χ0v) is 17.3. The van der Waals surface area contributed by atoms with Crippen molar-refractivity contribution in [3.05, 3.63) is 60.3 Å². The first-order valence-corrected chi connectivity index (χ1v) is 10.4. The van der Waals surface area contributed by atoms with Crippen molar-refractivity contribution >= 4 is 34.5 Å². The molecule has 170 valence electrons. The highest BCUT2D eigenvalue weighted by molar-refractivity contribution is 6.02. The molecule has 10 heteroatoms. The molecular formula is C23H20F3N5O2. The number of rotatable bonds is 5. The Kier molecular flexibility index (Phi) is 5.37. The average molecular weight is 455 g/mol. The lowest BCUT2D eigenvalue weighted by Crippen LogP contribution is -2.44. The van der Waals surface area contributed by atoms with E-state index < -0.39 is 6.36 Å². The summed E-state index contributed by atoms with van der Waals surface area (Å²) in [5.74, 6) is 0.0329. The second kappa shape index (κ2) is 8.36. The second-order valence-corrected chi connectivity index (χ2v) is 8.03. The number of aromatic nitrogens is 2. The molecule has 2 atom stereocenters. The standard InChI is InChI=1S/C23H20F3N5O2/c24-23(25,26)33-19-5-1-14(2-6-19)3-8-21(32)29-16-4-7-20-15(9-16)11-28-22(30-20)31-13-17-10-18(31)12-27-17/h1-9,11,17-18,27H,10,12-13H2,(H,29,32)/b8-3+. The number of carbonyl (C=O) groups is 1. The molecule has 2 aliphatic rings. The molecule has 0 saturated carbocycles. The fraction of sp³-hybridized carbons (Fsp3) is 0.261. The average Bonchev–Trinajstić information content (AvgIpc) is 3.41. The van der Waals surface area contributed by atoms with E-state index in [1.807, 2.05) is 6.07 Å². The number of benzene rings is 2. The van der Waals surface area contributed by atoms with Crippen LogP contribution in [-0.2, 0) is 4.79 Å².